The zero-order valence-electron chi connectivity index (χ0n) is 17.0. The molecule has 0 radical (unpaired) electrons. The van der Waals surface area contributed by atoms with Gasteiger partial charge in [-0.05, 0) is 52.0 Å². The highest BCUT2D eigenvalue weighted by Gasteiger charge is 2.28. The number of benzene rings is 2. The summed E-state index contributed by atoms with van der Waals surface area (Å²) < 4.78 is 11.6. The molecule has 0 spiro atoms. The molecule has 0 fully saturated rings. The summed E-state index contributed by atoms with van der Waals surface area (Å²) in [5.41, 5.74) is 3.60. The van der Waals surface area contributed by atoms with Crippen LogP contribution in [0.4, 0.5) is 0 Å². The molecule has 0 heterocycles. The first-order valence-corrected chi connectivity index (χ1v) is 9.52. The molecular weight excluding hydrogens is 352 g/mol. The van der Waals surface area contributed by atoms with E-state index in [2.05, 4.69) is 20.1 Å². The van der Waals surface area contributed by atoms with Gasteiger partial charge in [-0.1, -0.05) is 37.8 Å². The summed E-state index contributed by atoms with van der Waals surface area (Å²) in [4.78, 5) is 24.6. The van der Waals surface area contributed by atoms with Crippen molar-refractivity contribution >= 4 is 22.7 Å². The van der Waals surface area contributed by atoms with Gasteiger partial charge < -0.3 is 9.47 Å². The van der Waals surface area contributed by atoms with E-state index in [-0.39, 0.29) is 0 Å². The number of carbonyl (C=O) groups excluding carboxylic acids is 2. The molecule has 0 bridgehead atoms. The Morgan fingerprint density at radius 1 is 0.964 bits per heavy atom. The molecule has 2 aromatic rings. The van der Waals surface area contributed by atoms with Crippen LogP contribution in [0.25, 0.3) is 10.8 Å². The third kappa shape index (κ3) is 3.72. The molecule has 28 heavy (non-hydrogen) atoms. The Hall–Kier alpha value is -2.88. The van der Waals surface area contributed by atoms with E-state index in [4.69, 9.17) is 9.47 Å². The number of esters is 2. The van der Waals surface area contributed by atoms with Gasteiger partial charge in [0.15, 0.2) is 0 Å². The lowest BCUT2D eigenvalue weighted by Gasteiger charge is -2.27. The van der Waals surface area contributed by atoms with Crippen molar-refractivity contribution in [2.24, 2.45) is 5.92 Å². The Kier molecular flexibility index (Phi) is 5.41. The number of fused-ring (bicyclic) bond motifs is 2. The van der Waals surface area contributed by atoms with Crippen molar-refractivity contribution in [3.05, 3.63) is 59.2 Å². The molecular formula is C24H26O4. The minimum atomic E-state index is -0.450. The highest BCUT2D eigenvalue weighted by molar-refractivity contribution is 6.01. The molecule has 0 aliphatic heterocycles. The summed E-state index contributed by atoms with van der Waals surface area (Å²) in [5, 5.41) is 1.53. The summed E-state index contributed by atoms with van der Waals surface area (Å²) in [6.07, 6.45) is 2.50. The average molecular weight is 378 g/mol. The molecule has 4 nitrogen and oxygen atoms in total. The summed E-state index contributed by atoms with van der Waals surface area (Å²) in [6, 6.07) is 5.85. The summed E-state index contributed by atoms with van der Waals surface area (Å²) in [5.74, 6) is 0.662. The van der Waals surface area contributed by atoms with Crippen LogP contribution in [0.1, 0.15) is 43.9 Å². The first-order valence-electron chi connectivity index (χ1n) is 9.52. The van der Waals surface area contributed by atoms with Crippen LogP contribution in [0, 0.1) is 12.8 Å². The van der Waals surface area contributed by atoms with Gasteiger partial charge in [0.25, 0.3) is 0 Å². The van der Waals surface area contributed by atoms with Crippen LogP contribution in [0.15, 0.2) is 42.5 Å². The van der Waals surface area contributed by atoms with Gasteiger partial charge in [-0.15, -0.1) is 0 Å². The molecule has 0 saturated heterocycles. The quantitative estimate of drug-likeness (QED) is 0.415. The van der Waals surface area contributed by atoms with Crippen LogP contribution in [0.5, 0.6) is 11.5 Å². The van der Waals surface area contributed by atoms with Gasteiger partial charge in [0.05, 0.1) is 0 Å². The highest BCUT2D eigenvalue weighted by Crippen LogP contribution is 2.45. The molecule has 0 aromatic heterocycles. The second-order valence-corrected chi connectivity index (χ2v) is 7.85. The van der Waals surface area contributed by atoms with Crippen molar-refractivity contribution in [3.8, 4) is 11.5 Å². The second kappa shape index (κ2) is 7.63. The van der Waals surface area contributed by atoms with Gasteiger partial charge in [0.1, 0.15) is 11.5 Å². The van der Waals surface area contributed by atoms with Crippen LogP contribution in [-0.2, 0) is 22.4 Å². The predicted molar refractivity (Wildman–Crippen MR) is 111 cm³/mol. The topological polar surface area (TPSA) is 52.6 Å². The predicted octanol–water partition coefficient (Wildman–Crippen LogP) is 5.24. The zero-order chi connectivity index (χ0) is 20.6. The van der Waals surface area contributed by atoms with Crippen LogP contribution in [0.2, 0.25) is 0 Å². The first kappa shape index (κ1) is 19.9. The molecule has 3 rings (SSSR count). The zero-order valence-corrected chi connectivity index (χ0v) is 17.0. The smallest absolute Gasteiger partial charge is 0.338 e. The van der Waals surface area contributed by atoms with Crippen molar-refractivity contribution in [1.82, 2.24) is 0 Å². The van der Waals surface area contributed by atoms with Gasteiger partial charge >= 0.3 is 11.9 Å². The lowest BCUT2D eigenvalue weighted by atomic mass is 9.82. The van der Waals surface area contributed by atoms with E-state index in [9.17, 15) is 9.59 Å². The van der Waals surface area contributed by atoms with Crippen LogP contribution in [0.3, 0.4) is 0 Å². The molecule has 146 valence electrons. The molecule has 1 unspecified atom stereocenters. The van der Waals surface area contributed by atoms with Crippen molar-refractivity contribution in [1.29, 1.82) is 0 Å². The fourth-order valence-electron chi connectivity index (χ4n) is 3.56. The summed E-state index contributed by atoms with van der Waals surface area (Å²) in [7, 11) is 0. The molecule has 2 aromatic carbocycles. The van der Waals surface area contributed by atoms with E-state index in [0.29, 0.717) is 28.6 Å². The van der Waals surface area contributed by atoms with Crippen LogP contribution < -0.4 is 9.47 Å². The van der Waals surface area contributed by atoms with Gasteiger partial charge in [0, 0.05) is 33.0 Å². The maximum Gasteiger partial charge on any atom is 0.338 e. The lowest BCUT2D eigenvalue weighted by Crippen LogP contribution is -2.19. The number of rotatable bonds is 4. The van der Waals surface area contributed by atoms with Gasteiger partial charge in [-0.25, -0.2) is 9.59 Å². The Labute approximate surface area is 165 Å². The minimum Gasteiger partial charge on any atom is -0.422 e. The second-order valence-electron chi connectivity index (χ2n) is 7.85. The standard InChI is InChI=1S/C24H26O4/c1-13(2)23(25)27-21-17-9-7-16(6)12-20(17)22(28-24(26)14(3)4)18-10-8-15(5)11-19(18)21/h7,9,12,15H,1,3,8,10-11H2,2,4-6H3. The summed E-state index contributed by atoms with van der Waals surface area (Å²) >= 11 is 0. The van der Waals surface area contributed by atoms with Crippen LogP contribution in [-0.4, -0.2) is 11.9 Å². The number of hydrogen-bond donors (Lipinski definition) is 0. The maximum absolute atomic E-state index is 12.3. The van der Waals surface area contributed by atoms with E-state index >= 15 is 0 Å². The fourth-order valence-corrected chi connectivity index (χ4v) is 3.56. The first-order chi connectivity index (χ1) is 13.2. The normalized spacial score (nSPS) is 15.6. The number of ether oxygens (including phenoxy) is 2. The molecule has 0 N–H and O–H groups in total. The summed E-state index contributed by atoms with van der Waals surface area (Å²) in [6.45, 7) is 14.8. The van der Waals surface area contributed by atoms with E-state index in [1.807, 2.05) is 25.1 Å². The van der Waals surface area contributed by atoms with Crippen LogP contribution >= 0.6 is 0 Å². The fraction of sp³-hybridized carbons (Fsp3) is 0.333. The Bertz CT molecular complexity index is 1010. The Morgan fingerprint density at radius 2 is 1.54 bits per heavy atom. The Balaban J connectivity index is 2.32. The number of hydrogen-bond acceptors (Lipinski definition) is 4. The monoisotopic (exact) mass is 378 g/mol. The molecule has 0 amide bonds. The molecule has 4 heteroatoms. The molecule has 0 saturated carbocycles. The van der Waals surface area contributed by atoms with E-state index in [0.717, 1.165) is 46.7 Å². The van der Waals surface area contributed by atoms with E-state index < -0.39 is 11.9 Å². The molecule has 1 aliphatic carbocycles. The number of carbonyl (C=O) groups is 2. The van der Waals surface area contributed by atoms with Gasteiger partial charge in [-0.3, -0.25) is 0 Å². The number of aryl methyl sites for hydroxylation is 1. The minimum absolute atomic E-state index is 0.343. The Morgan fingerprint density at radius 3 is 2.11 bits per heavy atom. The van der Waals surface area contributed by atoms with E-state index in [1.165, 1.54) is 0 Å². The average Bonchev–Trinajstić information content (AvgIpc) is 2.63. The lowest BCUT2D eigenvalue weighted by molar-refractivity contribution is -0.131. The van der Waals surface area contributed by atoms with Crippen molar-refractivity contribution in [2.75, 3.05) is 0 Å². The largest absolute Gasteiger partial charge is 0.422 e. The third-order valence-electron chi connectivity index (χ3n) is 5.10. The highest BCUT2D eigenvalue weighted by atomic mass is 16.5. The van der Waals surface area contributed by atoms with Gasteiger partial charge in [-0.2, -0.15) is 0 Å². The molecule has 1 atom stereocenters. The maximum atomic E-state index is 12.3. The van der Waals surface area contributed by atoms with Crippen molar-refractivity contribution in [2.45, 2.75) is 47.0 Å². The van der Waals surface area contributed by atoms with E-state index in [1.54, 1.807) is 13.8 Å². The third-order valence-corrected chi connectivity index (χ3v) is 5.10. The van der Waals surface area contributed by atoms with Gasteiger partial charge in [0.2, 0.25) is 0 Å². The molecule has 1 aliphatic rings. The van der Waals surface area contributed by atoms with Crippen molar-refractivity contribution < 1.29 is 19.1 Å². The SMILES string of the molecule is C=C(C)C(=O)Oc1c2c(c(OC(=O)C(=C)C)c3ccc(C)cc13)CC(C)CC2. The van der Waals surface area contributed by atoms with Crippen molar-refractivity contribution in [3.63, 3.8) is 0 Å².